The van der Waals surface area contributed by atoms with Crippen molar-refractivity contribution in [3.8, 4) is 5.69 Å². The summed E-state index contributed by atoms with van der Waals surface area (Å²) in [4.78, 5) is 18.0. The van der Waals surface area contributed by atoms with Gasteiger partial charge in [-0.05, 0) is 49.8 Å². The van der Waals surface area contributed by atoms with Crippen LogP contribution in [0.1, 0.15) is 30.0 Å². The van der Waals surface area contributed by atoms with E-state index in [9.17, 15) is 4.79 Å². The van der Waals surface area contributed by atoms with Gasteiger partial charge in [0.25, 0.3) is 0 Å². The highest BCUT2D eigenvalue weighted by Gasteiger charge is 2.15. The van der Waals surface area contributed by atoms with E-state index >= 15 is 0 Å². The average molecular weight is 336 g/mol. The van der Waals surface area contributed by atoms with Crippen molar-refractivity contribution in [2.45, 2.75) is 19.9 Å². The summed E-state index contributed by atoms with van der Waals surface area (Å²) in [6.07, 6.45) is 6.36. The first-order valence-corrected chi connectivity index (χ1v) is 8.01. The molecule has 128 valence electrons. The van der Waals surface area contributed by atoms with Gasteiger partial charge in [0, 0.05) is 13.1 Å². The highest BCUT2D eigenvalue weighted by Crippen LogP contribution is 2.21. The molecule has 0 saturated carbocycles. The third-order valence-corrected chi connectivity index (χ3v) is 4.14. The fourth-order valence-corrected chi connectivity index (χ4v) is 2.48. The number of carbonyl (C=O) groups excluding carboxylic acids is 1. The SMILES string of the molecule is Cc1ccc(/C=C/C(=O)N(C)C(C)c2ccc(-n3cncn3)cc2)o1. The topological polar surface area (TPSA) is 64.2 Å². The van der Waals surface area contributed by atoms with Crippen molar-refractivity contribution >= 4 is 12.0 Å². The molecule has 0 aliphatic carbocycles. The molecule has 0 aliphatic rings. The molecule has 0 spiro atoms. The summed E-state index contributed by atoms with van der Waals surface area (Å²) in [6, 6.07) is 11.6. The zero-order chi connectivity index (χ0) is 17.8. The summed E-state index contributed by atoms with van der Waals surface area (Å²) in [5, 5.41) is 4.10. The van der Waals surface area contributed by atoms with E-state index in [2.05, 4.69) is 10.1 Å². The number of rotatable bonds is 5. The van der Waals surface area contributed by atoms with E-state index in [1.54, 1.807) is 29.0 Å². The Morgan fingerprint density at radius 3 is 2.60 bits per heavy atom. The fourth-order valence-electron chi connectivity index (χ4n) is 2.48. The first-order valence-electron chi connectivity index (χ1n) is 8.01. The molecule has 3 aromatic rings. The van der Waals surface area contributed by atoms with E-state index in [0.29, 0.717) is 5.76 Å². The minimum absolute atomic E-state index is 0.0553. The molecule has 0 radical (unpaired) electrons. The summed E-state index contributed by atoms with van der Waals surface area (Å²) in [6.45, 7) is 3.86. The third kappa shape index (κ3) is 3.85. The maximum absolute atomic E-state index is 12.4. The van der Waals surface area contributed by atoms with Crippen LogP contribution in [0.3, 0.4) is 0 Å². The van der Waals surface area contributed by atoms with E-state index in [1.165, 1.54) is 12.4 Å². The highest BCUT2D eigenvalue weighted by atomic mass is 16.3. The standard InChI is InChI=1S/C19H20N4O2/c1-14-4-9-18(25-14)10-11-19(24)22(3)15(2)16-5-7-17(8-6-16)23-13-20-12-21-23/h4-13,15H,1-3H3/b11-10+. The molecule has 2 aromatic heterocycles. The summed E-state index contributed by atoms with van der Waals surface area (Å²) < 4.78 is 7.13. The van der Waals surface area contributed by atoms with Gasteiger partial charge in [0.1, 0.15) is 24.2 Å². The molecule has 1 unspecified atom stereocenters. The normalized spacial score (nSPS) is 12.4. The Morgan fingerprint density at radius 2 is 2.00 bits per heavy atom. The predicted octanol–water partition coefficient (Wildman–Crippen LogP) is 3.40. The minimum Gasteiger partial charge on any atom is -0.462 e. The molecule has 1 atom stereocenters. The Morgan fingerprint density at radius 1 is 1.24 bits per heavy atom. The fraction of sp³-hybridized carbons (Fsp3) is 0.211. The van der Waals surface area contributed by atoms with Crippen LogP contribution in [0.2, 0.25) is 0 Å². The zero-order valence-electron chi connectivity index (χ0n) is 14.5. The van der Waals surface area contributed by atoms with Crippen LogP contribution in [-0.2, 0) is 4.79 Å². The molecule has 6 heteroatoms. The van der Waals surface area contributed by atoms with E-state index in [1.807, 2.05) is 50.2 Å². The molecule has 0 fully saturated rings. The second kappa shape index (κ2) is 7.17. The second-order valence-electron chi connectivity index (χ2n) is 5.84. The van der Waals surface area contributed by atoms with Crippen LogP contribution in [0.25, 0.3) is 11.8 Å². The Labute approximate surface area is 146 Å². The maximum Gasteiger partial charge on any atom is 0.246 e. The van der Waals surface area contributed by atoms with Crippen LogP contribution in [0.5, 0.6) is 0 Å². The van der Waals surface area contributed by atoms with E-state index in [-0.39, 0.29) is 11.9 Å². The van der Waals surface area contributed by atoms with Gasteiger partial charge in [0.15, 0.2) is 0 Å². The number of aromatic nitrogens is 3. The zero-order valence-corrected chi connectivity index (χ0v) is 14.5. The van der Waals surface area contributed by atoms with Gasteiger partial charge >= 0.3 is 0 Å². The van der Waals surface area contributed by atoms with Crippen LogP contribution in [0.15, 0.2) is 59.5 Å². The van der Waals surface area contributed by atoms with Crippen LogP contribution in [-0.4, -0.2) is 32.6 Å². The van der Waals surface area contributed by atoms with Crippen LogP contribution in [0, 0.1) is 6.92 Å². The average Bonchev–Trinajstić information content (AvgIpc) is 3.30. The van der Waals surface area contributed by atoms with Gasteiger partial charge in [-0.25, -0.2) is 9.67 Å². The molecule has 0 aliphatic heterocycles. The number of carbonyl (C=O) groups is 1. The largest absolute Gasteiger partial charge is 0.462 e. The summed E-state index contributed by atoms with van der Waals surface area (Å²) in [5.74, 6) is 1.41. The molecule has 2 heterocycles. The smallest absolute Gasteiger partial charge is 0.246 e. The quantitative estimate of drug-likeness (QED) is 0.670. The van der Waals surface area contributed by atoms with Crippen molar-refractivity contribution in [1.29, 1.82) is 0 Å². The molecule has 3 rings (SSSR count). The monoisotopic (exact) mass is 336 g/mol. The number of likely N-dealkylation sites (N-methyl/N-ethyl adjacent to an activating group) is 1. The van der Waals surface area contributed by atoms with Gasteiger partial charge in [0.2, 0.25) is 5.91 Å². The predicted molar refractivity (Wildman–Crippen MR) is 95.0 cm³/mol. The lowest BCUT2D eigenvalue weighted by molar-refractivity contribution is -0.126. The molecule has 1 aromatic carbocycles. The maximum atomic E-state index is 12.4. The van der Waals surface area contributed by atoms with Crippen molar-refractivity contribution < 1.29 is 9.21 Å². The molecule has 6 nitrogen and oxygen atoms in total. The lowest BCUT2D eigenvalue weighted by Crippen LogP contribution is -2.27. The van der Waals surface area contributed by atoms with E-state index < -0.39 is 0 Å². The summed E-state index contributed by atoms with van der Waals surface area (Å²) >= 11 is 0. The Balaban J connectivity index is 1.67. The second-order valence-corrected chi connectivity index (χ2v) is 5.84. The van der Waals surface area contributed by atoms with Gasteiger partial charge in [-0.15, -0.1) is 0 Å². The number of amides is 1. The van der Waals surface area contributed by atoms with Crippen LogP contribution < -0.4 is 0 Å². The Hall–Kier alpha value is -3.15. The van der Waals surface area contributed by atoms with E-state index in [4.69, 9.17) is 4.42 Å². The molecular weight excluding hydrogens is 316 g/mol. The van der Waals surface area contributed by atoms with Crippen LogP contribution in [0.4, 0.5) is 0 Å². The molecule has 0 saturated heterocycles. The van der Waals surface area contributed by atoms with Gasteiger partial charge in [-0.2, -0.15) is 5.10 Å². The highest BCUT2D eigenvalue weighted by molar-refractivity contribution is 5.91. The van der Waals surface area contributed by atoms with Gasteiger partial charge < -0.3 is 9.32 Å². The summed E-state index contributed by atoms with van der Waals surface area (Å²) in [7, 11) is 1.79. The third-order valence-electron chi connectivity index (χ3n) is 4.14. The molecule has 1 amide bonds. The van der Waals surface area contributed by atoms with Crippen LogP contribution >= 0.6 is 0 Å². The molecule has 0 N–H and O–H groups in total. The van der Waals surface area contributed by atoms with E-state index in [0.717, 1.165) is 17.0 Å². The molecule has 25 heavy (non-hydrogen) atoms. The number of benzene rings is 1. The van der Waals surface area contributed by atoms with Crippen molar-refractivity contribution in [1.82, 2.24) is 19.7 Å². The molecule has 0 bridgehead atoms. The molecular formula is C19H20N4O2. The lowest BCUT2D eigenvalue weighted by atomic mass is 10.1. The first-order chi connectivity index (χ1) is 12.0. The number of aryl methyl sites for hydroxylation is 1. The number of hydrogen-bond donors (Lipinski definition) is 0. The number of nitrogens with zero attached hydrogens (tertiary/aromatic N) is 4. The number of furan rings is 1. The van der Waals surface area contributed by atoms with Crippen molar-refractivity contribution in [2.75, 3.05) is 7.05 Å². The van der Waals surface area contributed by atoms with Gasteiger partial charge in [-0.1, -0.05) is 12.1 Å². The Bertz CT molecular complexity index is 863. The number of hydrogen-bond acceptors (Lipinski definition) is 4. The van der Waals surface area contributed by atoms with Gasteiger partial charge in [-0.3, -0.25) is 4.79 Å². The Kier molecular flexibility index (Phi) is 4.79. The first kappa shape index (κ1) is 16.7. The van der Waals surface area contributed by atoms with Crippen molar-refractivity contribution in [2.24, 2.45) is 0 Å². The van der Waals surface area contributed by atoms with Crippen molar-refractivity contribution in [3.63, 3.8) is 0 Å². The summed E-state index contributed by atoms with van der Waals surface area (Å²) in [5.41, 5.74) is 1.97. The van der Waals surface area contributed by atoms with Crippen molar-refractivity contribution in [3.05, 3.63) is 72.2 Å². The minimum atomic E-state index is -0.0816. The lowest BCUT2D eigenvalue weighted by Gasteiger charge is -2.24. The van der Waals surface area contributed by atoms with Gasteiger partial charge in [0.05, 0.1) is 11.7 Å².